The zero-order valence-electron chi connectivity index (χ0n) is 12.1. The molecule has 0 bridgehead atoms. The van der Waals surface area contributed by atoms with Gasteiger partial charge in [0, 0.05) is 0 Å². The Morgan fingerprint density at radius 1 is 0.900 bits per heavy atom. The Hall–Kier alpha value is -0.940. The Bertz CT molecular complexity index is 392. The van der Waals surface area contributed by atoms with Crippen molar-refractivity contribution in [2.24, 2.45) is 0 Å². The van der Waals surface area contributed by atoms with Crippen LogP contribution in [0.25, 0.3) is 0 Å². The summed E-state index contributed by atoms with van der Waals surface area (Å²) in [6.07, 6.45) is 2.23. The fraction of sp³-hybridized carbons (Fsp3) is 0.625. The van der Waals surface area contributed by atoms with Gasteiger partial charge in [0.05, 0.1) is 25.4 Å². The highest BCUT2D eigenvalue weighted by Gasteiger charge is 2.08. The maximum absolute atomic E-state index is 9.45. The van der Waals surface area contributed by atoms with E-state index in [0.717, 1.165) is 19.3 Å². The average molecular weight is 282 g/mol. The third-order valence-electron chi connectivity index (χ3n) is 3.51. The number of benzene rings is 1. The highest BCUT2D eigenvalue weighted by atomic mass is 16.3. The predicted octanol–water partition coefficient (Wildman–Crippen LogP) is 0.957. The van der Waals surface area contributed by atoms with E-state index in [1.54, 1.807) is 0 Å². The standard InChI is InChI=1S/C16H26O4/c1-12-5-6-13(3-2-4-15(19)10-17)14(9-12)7-8-16(20)11-18/h5-6,9,15-20H,2-4,7-8,10-11H2,1H3. The van der Waals surface area contributed by atoms with Gasteiger partial charge in [-0.15, -0.1) is 0 Å². The van der Waals surface area contributed by atoms with Gasteiger partial charge in [0.2, 0.25) is 0 Å². The van der Waals surface area contributed by atoms with Crippen molar-refractivity contribution in [2.45, 2.75) is 51.2 Å². The van der Waals surface area contributed by atoms with Crippen molar-refractivity contribution >= 4 is 0 Å². The minimum atomic E-state index is -0.667. The smallest absolute Gasteiger partial charge is 0.0774 e. The zero-order chi connectivity index (χ0) is 15.0. The number of aliphatic hydroxyl groups is 4. The molecular formula is C16H26O4. The molecule has 0 saturated carbocycles. The van der Waals surface area contributed by atoms with Crippen molar-refractivity contribution in [3.05, 3.63) is 34.9 Å². The minimum absolute atomic E-state index is 0.191. The van der Waals surface area contributed by atoms with Crippen molar-refractivity contribution in [1.82, 2.24) is 0 Å². The quantitative estimate of drug-likeness (QED) is 0.544. The fourth-order valence-electron chi connectivity index (χ4n) is 2.26. The third-order valence-corrected chi connectivity index (χ3v) is 3.51. The van der Waals surface area contributed by atoms with Crippen LogP contribution in [0, 0.1) is 6.92 Å². The van der Waals surface area contributed by atoms with Gasteiger partial charge >= 0.3 is 0 Å². The Labute approximate surface area is 120 Å². The predicted molar refractivity (Wildman–Crippen MR) is 78.6 cm³/mol. The van der Waals surface area contributed by atoms with E-state index in [-0.39, 0.29) is 13.2 Å². The van der Waals surface area contributed by atoms with Gasteiger partial charge in [0.25, 0.3) is 0 Å². The highest BCUT2D eigenvalue weighted by molar-refractivity contribution is 5.32. The van der Waals surface area contributed by atoms with Gasteiger partial charge in [-0.05, 0) is 50.2 Å². The molecule has 0 amide bonds. The van der Waals surface area contributed by atoms with E-state index in [9.17, 15) is 10.2 Å². The highest BCUT2D eigenvalue weighted by Crippen LogP contribution is 2.17. The van der Waals surface area contributed by atoms with Crippen molar-refractivity contribution in [3.8, 4) is 0 Å². The summed E-state index contributed by atoms with van der Waals surface area (Å²) in [6.45, 7) is 1.64. The maximum Gasteiger partial charge on any atom is 0.0774 e. The first kappa shape index (κ1) is 17.1. The fourth-order valence-corrected chi connectivity index (χ4v) is 2.26. The second kappa shape index (κ2) is 9.08. The first-order chi connectivity index (χ1) is 9.56. The number of hydrogen-bond acceptors (Lipinski definition) is 4. The molecule has 2 atom stereocenters. The molecule has 1 aromatic rings. The van der Waals surface area contributed by atoms with Gasteiger partial charge < -0.3 is 20.4 Å². The third kappa shape index (κ3) is 6.01. The minimum Gasteiger partial charge on any atom is -0.394 e. The van der Waals surface area contributed by atoms with Crippen LogP contribution in [0.4, 0.5) is 0 Å². The lowest BCUT2D eigenvalue weighted by atomic mass is 9.95. The van der Waals surface area contributed by atoms with E-state index in [1.807, 2.05) is 6.92 Å². The van der Waals surface area contributed by atoms with E-state index in [4.69, 9.17) is 10.2 Å². The van der Waals surface area contributed by atoms with Gasteiger partial charge in [-0.25, -0.2) is 0 Å². The van der Waals surface area contributed by atoms with Crippen LogP contribution in [-0.2, 0) is 12.8 Å². The topological polar surface area (TPSA) is 80.9 Å². The molecule has 0 aliphatic heterocycles. The van der Waals surface area contributed by atoms with Crippen LogP contribution >= 0.6 is 0 Å². The summed E-state index contributed by atoms with van der Waals surface area (Å²) in [5.41, 5.74) is 3.58. The normalized spacial score (nSPS) is 14.2. The van der Waals surface area contributed by atoms with Crippen LogP contribution in [0.3, 0.4) is 0 Å². The van der Waals surface area contributed by atoms with E-state index >= 15 is 0 Å². The average Bonchev–Trinajstić information content (AvgIpc) is 2.46. The number of hydrogen-bond donors (Lipinski definition) is 4. The monoisotopic (exact) mass is 282 g/mol. The summed E-state index contributed by atoms with van der Waals surface area (Å²) in [7, 11) is 0. The molecule has 114 valence electrons. The summed E-state index contributed by atoms with van der Waals surface area (Å²) < 4.78 is 0. The molecule has 20 heavy (non-hydrogen) atoms. The van der Waals surface area contributed by atoms with Crippen LogP contribution < -0.4 is 0 Å². The summed E-state index contributed by atoms with van der Waals surface area (Å²) in [6, 6.07) is 6.26. The Balaban J connectivity index is 2.60. The van der Waals surface area contributed by atoms with E-state index in [1.165, 1.54) is 16.7 Å². The number of aryl methyl sites for hydroxylation is 3. The van der Waals surface area contributed by atoms with Gasteiger partial charge in [0.15, 0.2) is 0 Å². The molecule has 4 N–H and O–H groups in total. The lowest BCUT2D eigenvalue weighted by Crippen LogP contribution is -2.14. The van der Waals surface area contributed by atoms with E-state index in [0.29, 0.717) is 12.8 Å². The van der Waals surface area contributed by atoms with Crippen LogP contribution in [0.2, 0.25) is 0 Å². The molecule has 0 aliphatic carbocycles. The molecule has 2 unspecified atom stereocenters. The molecule has 4 nitrogen and oxygen atoms in total. The second-order valence-corrected chi connectivity index (χ2v) is 5.38. The summed E-state index contributed by atoms with van der Waals surface area (Å²) in [5.74, 6) is 0. The zero-order valence-corrected chi connectivity index (χ0v) is 12.1. The first-order valence-electron chi connectivity index (χ1n) is 7.23. The molecule has 0 spiro atoms. The van der Waals surface area contributed by atoms with Crippen molar-refractivity contribution < 1.29 is 20.4 Å². The van der Waals surface area contributed by atoms with Crippen LogP contribution in [0.5, 0.6) is 0 Å². The molecule has 0 radical (unpaired) electrons. The molecule has 0 aliphatic rings. The van der Waals surface area contributed by atoms with Crippen LogP contribution in [0.15, 0.2) is 18.2 Å². The maximum atomic E-state index is 9.45. The van der Waals surface area contributed by atoms with Gasteiger partial charge in [-0.1, -0.05) is 23.8 Å². The molecule has 1 rings (SSSR count). The molecule has 0 heterocycles. The molecule has 0 fully saturated rings. The Morgan fingerprint density at radius 2 is 1.55 bits per heavy atom. The lowest BCUT2D eigenvalue weighted by molar-refractivity contribution is 0.0865. The molecule has 1 aromatic carbocycles. The Morgan fingerprint density at radius 3 is 2.20 bits per heavy atom. The van der Waals surface area contributed by atoms with Gasteiger partial charge in [-0.2, -0.15) is 0 Å². The van der Waals surface area contributed by atoms with Crippen molar-refractivity contribution in [1.29, 1.82) is 0 Å². The number of rotatable bonds is 9. The van der Waals surface area contributed by atoms with Crippen molar-refractivity contribution in [2.75, 3.05) is 13.2 Å². The van der Waals surface area contributed by atoms with E-state index < -0.39 is 12.2 Å². The van der Waals surface area contributed by atoms with Gasteiger partial charge in [-0.3, -0.25) is 0 Å². The molecule has 4 heteroatoms. The van der Waals surface area contributed by atoms with E-state index in [2.05, 4.69) is 18.2 Å². The van der Waals surface area contributed by atoms with Gasteiger partial charge in [0.1, 0.15) is 0 Å². The summed E-state index contributed by atoms with van der Waals surface area (Å²) >= 11 is 0. The molecule has 0 aromatic heterocycles. The SMILES string of the molecule is Cc1ccc(CCCC(O)CO)c(CCC(O)CO)c1. The lowest BCUT2D eigenvalue weighted by Gasteiger charge is -2.13. The largest absolute Gasteiger partial charge is 0.394 e. The van der Waals surface area contributed by atoms with Crippen LogP contribution in [0.1, 0.15) is 36.0 Å². The summed E-state index contributed by atoms with van der Waals surface area (Å²) in [4.78, 5) is 0. The first-order valence-corrected chi connectivity index (χ1v) is 7.23. The van der Waals surface area contributed by atoms with Crippen molar-refractivity contribution in [3.63, 3.8) is 0 Å². The molecular weight excluding hydrogens is 256 g/mol. The summed E-state index contributed by atoms with van der Waals surface area (Å²) in [5, 5.41) is 36.5. The Kier molecular flexibility index (Phi) is 7.77. The number of aliphatic hydroxyl groups excluding tert-OH is 4. The molecule has 0 saturated heterocycles. The van der Waals surface area contributed by atoms with Crippen LogP contribution in [-0.4, -0.2) is 45.8 Å². The second-order valence-electron chi connectivity index (χ2n) is 5.38.